The van der Waals surface area contributed by atoms with Gasteiger partial charge in [-0.15, -0.1) is 0 Å². The van der Waals surface area contributed by atoms with Gasteiger partial charge in [-0.25, -0.2) is 4.98 Å². The molecule has 0 saturated heterocycles. The van der Waals surface area contributed by atoms with Crippen molar-refractivity contribution in [2.24, 2.45) is 0 Å². The first-order valence-corrected chi connectivity index (χ1v) is 6.46. The average Bonchev–Trinajstić information content (AvgIpc) is 3.13. The predicted octanol–water partition coefficient (Wildman–Crippen LogP) is 3.38. The molecule has 1 aromatic heterocycles. The second kappa shape index (κ2) is 5.37. The lowest BCUT2D eigenvalue weighted by Gasteiger charge is -2.23. The van der Waals surface area contributed by atoms with Gasteiger partial charge in [0.1, 0.15) is 11.0 Å². The fourth-order valence-corrected chi connectivity index (χ4v) is 2.10. The molecule has 0 radical (unpaired) electrons. The third-order valence-electron chi connectivity index (χ3n) is 2.94. The zero-order valence-corrected chi connectivity index (χ0v) is 10.7. The van der Waals surface area contributed by atoms with Crippen molar-refractivity contribution in [1.82, 2.24) is 4.98 Å². The van der Waals surface area contributed by atoms with E-state index in [1.165, 1.54) is 12.8 Å². The van der Waals surface area contributed by atoms with E-state index < -0.39 is 0 Å². The molecule has 0 bridgehead atoms. The van der Waals surface area contributed by atoms with Gasteiger partial charge in [0.15, 0.2) is 0 Å². The van der Waals surface area contributed by atoms with Gasteiger partial charge in [-0.1, -0.05) is 24.9 Å². The lowest BCUT2D eigenvalue weighted by Crippen LogP contribution is -2.27. The predicted molar refractivity (Wildman–Crippen MR) is 69.2 cm³/mol. The number of hydrogen-bond acceptors (Lipinski definition) is 3. The van der Waals surface area contributed by atoms with Gasteiger partial charge in [0.05, 0.1) is 11.6 Å². The van der Waals surface area contributed by atoms with E-state index in [4.69, 9.17) is 16.9 Å². The molecule has 0 N–H and O–H groups in total. The summed E-state index contributed by atoms with van der Waals surface area (Å²) in [6.45, 7) is 3.18. The minimum Gasteiger partial charge on any atom is -0.354 e. The van der Waals surface area contributed by atoms with E-state index >= 15 is 0 Å². The standard InChI is InChI=1S/C13H16ClN3/c1-2-3-6-17(11-4-5-11)13-8-10(9-15)7-12(14)16-13/h7-8,11H,2-6H2,1H3. The molecule has 0 atom stereocenters. The molecule has 1 saturated carbocycles. The second-order valence-corrected chi connectivity index (χ2v) is 4.81. The van der Waals surface area contributed by atoms with Gasteiger partial charge in [0.25, 0.3) is 0 Å². The van der Waals surface area contributed by atoms with Gasteiger partial charge in [0, 0.05) is 12.6 Å². The Morgan fingerprint density at radius 1 is 1.53 bits per heavy atom. The van der Waals surface area contributed by atoms with Gasteiger partial charge >= 0.3 is 0 Å². The molecular weight excluding hydrogens is 234 g/mol. The summed E-state index contributed by atoms with van der Waals surface area (Å²) in [6, 6.07) is 6.16. The first-order chi connectivity index (χ1) is 8.24. The van der Waals surface area contributed by atoms with E-state index in [0.717, 1.165) is 25.2 Å². The van der Waals surface area contributed by atoms with Crippen LogP contribution in [-0.4, -0.2) is 17.6 Å². The van der Waals surface area contributed by atoms with Gasteiger partial charge in [0.2, 0.25) is 0 Å². The van der Waals surface area contributed by atoms with Crippen molar-refractivity contribution in [1.29, 1.82) is 5.26 Å². The van der Waals surface area contributed by atoms with Crippen LogP contribution in [-0.2, 0) is 0 Å². The minimum atomic E-state index is 0.404. The van der Waals surface area contributed by atoms with Gasteiger partial charge < -0.3 is 4.90 Å². The highest BCUT2D eigenvalue weighted by molar-refractivity contribution is 6.29. The van der Waals surface area contributed by atoms with E-state index in [9.17, 15) is 0 Å². The van der Waals surface area contributed by atoms with Crippen LogP contribution in [0.1, 0.15) is 38.2 Å². The zero-order valence-electron chi connectivity index (χ0n) is 9.99. The van der Waals surface area contributed by atoms with Crippen LogP contribution in [0.25, 0.3) is 0 Å². The molecule has 1 aliphatic carbocycles. The van der Waals surface area contributed by atoms with Crippen LogP contribution in [0.2, 0.25) is 5.15 Å². The van der Waals surface area contributed by atoms with E-state index in [2.05, 4.69) is 22.9 Å². The Morgan fingerprint density at radius 3 is 2.88 bits per heavy atom. The second-order valence-electron chi connectivity index (χ2n) is 4.43. The smallest absolute Gasteiger partial charge is 0.132 e. The lowest BCUT2D eigenvalue weighted by atomic mass is 10.2. The summed E-state index contributed by atoms with van der Waals surface area (Å²) in [5.74, 6) is 0.852. The van der Waals surface area contributed by atoms with Crippen molar-refractivity contribution < 1.29 is 0 Å². The number of halogens is 1. The quantitative estimate of drug-likeness (QED) is 0.751. The molecule has 4 heteroatoms. The Morgan fingerprint density at radius 2 is 2.29 bits per heavy atom. The Balaban J connectivity index is 2.22. The molecule has 1 aromatic rings. The molecule has 17 heavy (non-hydrogen) atoms. The minimum absolute atomic E-state index is 0.404. The maximum Gasteiger partial charge on any atom is 0.132 e. The van der Waals surface area contributed by atoms with Gasteiger partial charge in [-0.3, -0.25) is 0 Å². The number of nitrogens with zero attached hydrogens (tertiary/aromatic N) is 3. The third-order valence-corrected chi connectivity index (χ3v) is 3.14. The lowest BCUT2D eigenvalue weighted by molar-refractivity contribution is 0.704. The number of unbranched alkanes of at least 4 members (excludes halogenated alkanes) is 1. The molecule has 0 aliphatic heterocycles. The average molecular weight is 250 g/mol. The summed E-state index contributed by atoms with van der Waals surface area (Å²) in [7, 11) is 0. The normalized spacial score (nSPS) is 14.4. The maximum absolute atomic E-state index is 8.94. The molecule has 1 fully saturated rings. The van der Waals surface area contributed by atoms with Crippen LogP contribution in [0.3, 0.4) is 0 Å². The van der Waals surface area contributed by atoms with Crippen LogP contribution >= 0.6 is 11.6 Å². The van der Waals surface area contributed by atoms with Crippen molar-refractivity contribution in [3.8, 4) is 6.07 Å². The first-order valence-electron chi connectivity index (χ1n) is 6.09. The topological polar surface area (TPSA) is 39.9 Å². The third kappa shape index (κ3) is 3.10. The van der Waals surface area contributed by atoms with Gasteiger partial charge in [-0.05, 0) is 31.4 Å². The summed E-state index contributed by atoms with van der Waals surface area (Å²) in [5.41, 5.74) is 0.585. The summed E-state index contributed by atoms with van der Waals surface area (Å²) >= 11 is 5.94. The van der Waals surface area contributed by atoms with Crippen LogP contribution in [0.15, 0.2) is 12.1 Å². The molecule has 0 amide bonds. The molecule has 0 spiro atoms. The van der Waals surface area contributed by atoms with Crippen molar-refractivity contribution in [3.63, 3.8) is 0 Å². The molecule has 3 nitrogen and oxygen atoms in total. The van der Waals surface area contributed by atoms with E-state index in [1.807, 2.05) is 6.07 Å². The zero-order chi connectivity index (χ0) is 12.3. The highest BCUT2D eigenvalue weighted by atomic mass is 35.5. The van der Waals surface area contributed by atoms with Crippen molar-refractivity contribution >= 4 is 17.4 Å². The molecule has 0 aromatic carbocycles. The highest BCUT2D eigenvalue weighted by Crippen LogP contribution is 2.32. The number of aromatic nitrogens is 1. The number of anilines is 1. The fourth-order valence-electron chi connectivity index (χ4n) is 1.89. The molecule has 0 unspecified atom stereocenters. The largest absolute Gasteiger partial charge is 0.354 e. The molecule has 1 heterocycles. The van der Waals surface area contributed by atoms with Crippen molar-refractivity contribution in [3.05, 3.63) is 22.8 Å². The monoisotopic (exact) mass is 249 g/mol. The Hall–Kier alpha value is -1.27. The van der Waals surface area contributed by atoms with E-state index in [1.54, 1.807) is 6.07 Å². The summed E-state index contributed by atoms with van der Waals surface area (Å²) in [6.07, 6.45) is 4.75. The van der Waals surface area contributed by atoms with Crippen LogP contribution in [0, 0.1) is 11.3 Å². The first kappa shape index (κ1) is 12.2. The van der Waals surface area contributed by atoms with Crippen molar-refractivity contribution in [2.45, 2.75) is 38.6 Å². The van der Waals surface area contributed by atoms with E-state index in [-0.39, 0.29) is 0 Å². The Labute approximate surface area is 107 Å². The van der Waals surface area contributed by atoms with Crippen LogP contribution in [0.5, 0.6) is 0 Å². The summed E-state index contributed by atoms with van der Waals surface area (Å²) in [5, 5.41) is 9.35. The fraction of sp³-hybridized carbons (Fsp3) is 0.538. The van der Waals surface area contributed by atoms with Gasteiger partial charge in [-0.2, -0.15) is 5.26 Å². The highest BCUT2D eigenvalue weighted by Gasteiger charge is 2.29. The Kier molecular flexibility index (Phi) is 3.86. The number of nitriles is 1. The number of rotatable bonds is 5. The Bertz CT molecular complexity index is 435. The molecule has 1 aliphatic rings. The SMILES string of the molecule is CCCCN(c1cc(C#N)cc(Cl)n1)C1CC1. The van der Waals surface area contributed by atoms with E-state index in [0.29, 0.717) is 16.8 Å². The van der Waals surface area contributed by atoms with Crippen LogP contribution in [0.4, 0.5) is 5.82 Å². The molecule has 2 rings (SSSR count). The molecular formula is C13H16ClN3. The van der Waals surface area contributed by atoms with Crippen LogP contribution < -0.4 is 4.90 Å². The molecule has 90 valence electrons. The maximum atomic E-state index is 8.94. The summed E-state index contributed by atoms with van der Waals surface area (Å²) < 4.78 is 0. The number of hydrogen-bond donors (Lipinski definition) is 0. The number of pyridine rings is 1. The summed E-state index contributed by atoms with van der Waals surface area (Å²) in [4.78, 5) is 6.62. The van der Waals surface area contributed by atoms with Crippen molar-refractivity contribution in [2.75, 3.05) is 11.4 Å².